The van der Waals surface area contributed by atoms with Gasteiger partial charge in [-0.3, -0.25) is 9.59 Å². The number of fused-ring (bicyclic) bond motifs is 1. The molecule has 0 aliphatic carbocycles. The third-order valence-corrected chi connectivity index (χ3v) is 6.65. The fraction of sp³-hybridized carbons (Fsp3) is 0.233. The molecular weight excluding hydrogens is 468 g/mol. The molecule has 0 aliphatic rings. The number of carbonyl (C=O) groups excluding carboxylic acids is 1. The van der Waals surface area contributed by atoms with E-state index in [4.69, 9.17) is 0 Å². The lowest BCUT2D eigenvalue weighted by molar-refractivity contribution is -0.144. The van der Waals surface area contributed by atoms with E-state index in [1.165, 1.54) is 0 Å². The maximum atomic E-state index is 13.5. The normalized spacial score (nSPS) is 13.5. The zero-order chi connectivity index (χ0) is 26.2. The van der Waals surface area contributed by atoms with E-state index in [9.17, 15) is 24.6 Å². The topological polar surface area (TPSA) is 119 Å². The van der Waals surface area contributed by atoms with Gasteiger partial charge in [0.2, 0.25) is 5.91 Å². The summed E-state index contributed by atoms with van der Waals surface area (Å²) >= 11 is 0. The molecule has 0 radical (unpaired) electrons. The van der Waals surface area contributed by atoms with E-state index in [-0.39, 0.29) is 19.3 Å². The average Bonchev–Trinajstić information content (AvgIpc) is 3.31. The SMILES string of the molecule is O=C(O)[C@H](Cc1ccccc1)C[C@@H](Cc1ccccc1)C(=O)N[C@@H](Cc1c[nH]c2ccccc12)C(=O)O. The Bertz CT molecular complexity index is 1350. The van der Waals surface area contributed by atoms with Crippen molar-refractivity contribution in [3.8, 4) is 0 Å². The zero-order valence-electron chi connectivity index (χ0n) is 20.3. The number of carboxylic acids is 2. The summed E-state index contributed by atoms with van der Waals surface area (Å²) in [7, 11) is 0. The Morgan fingerprint density at radius 3 is 1.86 bits per heavy atom. The maximum Gasteiger partial charge on any atom is 0.326 e. The van der Waals surface area contributed by atoms with Crippen LogP contribution in [0.2, 0.25) is 0 Å². The number of carbonyl (C=O) groups is 3. The van der Waals surface area contributed by atoms with Crippen molar-refractivity contribution < 1.29 is 24.6 Å². The summed E-state index contributed by atoms with van der Waals surface area (Å²) < 4.78 is 0. The van der Waals surface area contributed by atoms with Crippen molar-refractivity contribution in [3.63, 3.8) is 0 Å². The van der Waals surface area contributed by atoms with Crippen LogP contribution >= 0.6 is 0 Å². The summed E-state index contributed by atoms with van der Waals surface area (Å²) in [6.45, 7) is 0. The number of rotatable bonds is 12. The zero-order valence-corrected chi connectivity index (χ0v) is 20.3. The van der Waals surface area contributed by atoms with E-state index in [1.54, 1.807) is 6.20 Å². The van der Waals surface area contributed by atoms with E-state index in [1.807, 2.05) is 84.9 Å². The molecule has 0 saturated carbocycles. The molecule has 3 atom stereocenters. The van der Waals surface area contributed by atoms with Crippen LogP contribution in [0.3, 0.4) is 0 Å². The fourth-order valence-electron chi connectivity index (χ4n) is 4.71. The van der Waals surface area contributed by atoms with Crippen LogP contribution in [-0.2, 0) is 33.6 Å². The molecule has 4 N–H and O–H groups in total. The monoisotopic (exact) mass is 498 g/mol. The van der Waals surface area contributed by atoms with Gasteiger partial charge in [0.15, 0.2) is 0 Å². The Hall–Kier alpha value is -4.39. The largest absolute Gasteiger partial charge is 0.481 e. The van der Waals surface area contributed by atoms with Crippen molar-refractivity contribution in [2.45, 2.75) is 31.7 Å². The molecule has 1 heterocycles. The van der Waals surface area contributed by atoms with Crippen LogP contribution in [0.5, 0.6) is 0 Å². The van der Waals surface area contributed by atoms with Crippen LogP contribution < -0.4 is 5.32 Å². The summed E-state index contributed by atoms with van der Waals surface area (Å²) in [5, 5.41) is 23.5. The molecule has 0 bridgehead atoms. The molecule has 0 aliphatic heterocycles. The number of hydrogen-bond donors (Lipinski definition) is 4. The van der Waals surface area contributed by atoms with E-state index in [0.717, 1.165) is 27.6 Å². The molecule has 0 saturated heterocycles. The number of benzene rings is 3. The van der Waals surface area contributed by atoms with Gasteiger partial charge in [-0.2, -0.15) is 0 Å². The smallest absolute Gasteiger partial charge is 0.326 e. The molecule has 1 amide bonds. The third-order valence-electron chi connectivity index (χ3n) is 6.65. The molecule has 37 heavy (non-hydrogen) atoms. The molecule has 7 heteroatoms. The Labute approximate surface area is 215 Å². The van der Waals surface area contributed by atoms with E-state index >= 15 is 0 Å². The van der Waals surface area contributed by atoms with Gasteiger partial charge >= 0.3 is 11.9 Å². The number of aliphatic carboxylic acids is 2. The number of amides is 1. The number of carboxylic acid groups (broad SMARTS) is 2. The van der Waals surface area contributed by atoms with E-state index in [0.29, 0.717) is 6.42 Å². The quantitative estimate of drug-likeness (QED) is 0.230. The van der Waals surface area contributed by atoms with Crippen LogP contribution in [-0.4, -0.2) is 39.1 Å². The predicted octanol–water partition coefficient (Wildman–Crippen LogP) is 4.47. The second-order valence-corrected chi connectivity index (χ2v) is 9.31. The van der Waals surface area contributed by atoms with Crippen LogP contribution in [0.1, 0.15) is 23.1 Å². The van der Waals surface area contributed by atoms with Gasteiger partial charge in [0.25, 0.3) is 0 Å². The van der Waals surface area contributed by atoms with Gasteiger partial charge < -0.3 is 20.5 Å². The highest BCUT2D eigenvalue weighted by Gasteiger charge is 2.31. The van der Waals surface area contributed by atoms with Crippen LogP contribution in [0.15, 0.2) is 91.1 Å². The van der Waals surface area contributed by atoms with Crippen molar-refractivity contribution in [2.24, 2.45) is 11.8 Å². The third kappa shape index (κ3) is 6.85. The highest BCUT2D eigenvalue weighted by Crippen LogP contribution is 2.23. The van der Waals surface area contributed by atoms with Gasteiger partial charge in [-0.15, -0.1) is 0 Å². The Balaban J connectivity index is 1.54. The Morgan fingerprint density at radius 1 is 0.703 bits per heavy atom. The van der Waals surface area contributed by atoms with Gasteiger partial charge in [-0.25, -0.2) is 4.79 Å². The minimum Gasteiger partial charge on any atom is -0.481 e. The molecule has 7 nitrogen and oxygen atoms in total. The number of para-hydroxylation sites is 1. The Kier molecular flexibility index (Phi) is 8.36. The molecule has 3 aromatic carbocycles. The Morgan fingerprint density at radius 2 is 1.27 bits per heavy atom. The second kappa shape index (κ2) is 12.0. The standard InChI is InChI=1S/C30H30N2O5/c33-28(32-27(30(36)37)18-24-19-31-26-14-8-7-13-25(24)26)22(15-20-9-3-1-4-10-20)17-23(29(34)35)16-21-11-5-2-6-12-21/h1-14,19,22-23,27,31H,15-18H2,(H,32,33)(H,34,35)(H,36,37)/t22-,23-,27+/m1/s1. The highest BCUT2D eigenvalue weighted by atomic mass is 16.4. The van der Waals surface area contributed by atoms with E-state index in [2.05, 4.69) is 10.3 Å². The van der Waals surface area contributed by atoms with Crippen LogP contribution in [0, 0.1) is 11.8 Å². The van der Waals surface area contributed by atoms with Gasteiger partial charge in [0.1, 0.15) is 6.04 Å². The molecule has 0 fully saturated rings. The molecule has 0 spiro atoms. The molecule has 1 aromatic heterocycles. The maximum absolute atomic E-state index is 13.5. The molecule has 4 aromatic rings. The minimum atomic E-state index is -1.15. The summed E-state index contributed by atoms with van der Waals surface area (Å²) in [6.07, 6.45) is 2.55. The first-order valence-corrected chi connectivity index (χ1v) is 12.3. The number of nitrogens with one attached hydrogen (secondary N) is 2. The summed E-state index contributed by atoms with van der Waals surface area (Å²) in [5.41, 5.74) is 3.43. The fourth-order valence-corrected chi connectivity index (χ4v) is 4.71. The molecule has 4 rings (SSSR count). The van der Waals surface area contributed by atoms with Crippen molar-refractivity contribution in [2.75, 3.05) is 0 Å². The average molecular weight is 499 g/mol. The van der Waals surface area contributed by atoms with Gasteiger partial charge in [0, 0.05) is 29.4 Å². The number of aromatic nitrogens is 1. The second-order valence-electron chi connectivity index (χ2n) is 9.31. The van der Waals surface area contributed by atoms with Crippen molar-refractivity contribution in [3.05, 3.63) is 108 Å². The number of aromatic amines is 1. The highest BCUT2D eigenvalue weighted by molar-refractivity contribution is 5.88. The first-order valence-electron chi connectivity index (χ1n) is 12.3. The number of H-pyrrole nitrogens is 1. The van der Waals surface area contributed by atoms with Gasteiger partial charge in [-0.1, -0.05) is 78.9 Å². The molecular formula is C30H30N2O5. The lowest BCUT2D eigenvalue weighted by Crippen LogP contribution is -2.46. The van der Waals surface area contributed by atoms with Crippen LogP contribution in [0.4, 0.5) is 0 Å². The lowest BCUT2D eigenvalue weighted by Gasteiger charge is -2.23. The van der Waals surface area contributed by atoms with Crippen LogP contribution in [0.25, 0.3) is 10.9 Å². The molecule has 0 unspecified atom stereocenters. The lowest BCUT2D eigenvalue weighted by atomic mass is 9.85. The predicted molar refractivity (Wildman–Crippen MR) is 141 cm³/mol. The van der Waals surface area contributed by atoms with Crippen molar-refractivity contribution in [1.82, 2.24) is 10.3 Å². The van der Waals surface area contributed by atoms with Crippen molar-refractivity contribution in [1.29, 1.82) is 0 Å². The summed E-state index contributed by atoms with van der Waals surface area (Å²) in [6, 6.07) is 25.1. The van der Waals surface area contributed by atoms with E-state index < -0.39 is 35.7 Å². The van der Waals surface area contributed by atoms with Crippen molar-refractivity contribution >= 4 is 28.7 Å². The van der Waals surface area contributed by atoms with Gasteiger partial charge in [-0.05, 0) is 42.0 Å². The summed E-state index contributed by atoms with van der Waals surface area (Å²) in [4.78, 5) is 40.9. The first kappa shape index (κ1) is 25.7. The molecule has 190 valence electrons. The first-order chi connectivity index (χ1) is 17.9. The van der Waals surface area contributed by atoms with Gasteiger partial charge in [0.05, 0.1) is 5.92 Å². The summed E-state index contributed by atoms with van der Waals surface area (Å²) in [5.74, 6) is -4.09. The minimum absolute atomic E-state index is 0.0877. The number of hydrogen-bond acceptors (Lipinski definition) is 3.